The van der Waals surface area contributed by atoms with Gasteiger partial charge in [0, 0.05) is 13.0 Å². The molecule has 0 amide bonds. The maximum atomic E-state index is 12.6. The van der Waals surface area contributed by atoms with Gasteiger partial charge in [-0.3, -0.25) is 0 Å². The quantitative estimate of drug-likeness (QED) is 0.500. The molecule has 58 valence electrons. The van der Waals surface area contributed by atoms with Gasteiger partial charge in [-0.05, 0) is 20.0 Å². The molecular weight excluding hydrogens is 136 g/mol. The molecule has 1 saturated carbocycles. The predicted octanol–water partition coefficient (Wildman–Crippen LogP) is 1.35. The first-order chi connectivity index (χ1) is 4.56. The maximum absolute atomic E-state index is 12.6. The molecule has 1 aliphatic carbocycles. The molecule has 2 fully saturated rings. The summed E-state index contributed by atoms with van der Waals surface area (Å²) in [5, 5.41) is 0. The lowest BCUT2D eigenvalue weighted by Crippen LogP contribution is -2.17. The van der Waals surface area contributed by atoms with Gasteiger partial charge in [0.15, 0.2) is 0 Å². The van der Waals surface area contributed by atoms with Crippen molar-refractivity contribution in [2.45, 2.75) is 18.8 Å². The molecule has 1 spiro atoms. The van der Waals surface area contributed by atoms with Crippen molar-refractivity contribution < 1.29 is 8.78 Å². The Balaban J connectivity index is 2.09. The minimum Gasteiger partial charge on any atom is -0.306 e. The minimum absolute atomic E-state index is 0.129. The molecule has 1 saturated heterocycles. The topological polar surface area (TPSA) is 3.24 Å². The van der Waals surface area contributed by atoms with E-state index in [1.165, 1.54) is 0 Å². The van der Waals surface area contributed by atoms with Gasteiger partial charge in [0.05, 0.1) is 5.41 Å². The molecular formula is C7H11F2N. The summed E-state index contributed by atoms with van der Waals surface area (Å²) in [7, 11) is 1.91. The van der Waals surface area contributed by atoms with Crippen LogP contribution in [0.1, 0.15) is 12.8 Å². The summed E-state index contributed by atoms with van der Waals surface area (Å²) >= 11 is 0. The molecule has 1 nitrogen and oxygen atoms in total. The van der Waals surface area contributed by atoms with Crippen molar-refractivity contribution in [3.63, 3.8) is 0 Å². The number of nitrogens with zero attached hydrogens (tertiary/aromatic N) is 1. The van der Waals surface area contributed by atoms with Crippen LogP contribution in [-0.4, -0.2) is 31.0 Å². The van der Waals surface area contributed by atoms with Crippen LogP contribution in [0.25, 0.3) is 0 Å². The van der Waals surface area contributed by atoms with E-state index in [-0.39, 0.29) is 6.42 Å². The van der Waals surface area contributed by atoms with Crippen LogP contribution >= 0.6 is 0 Å². The molecule has 2 aliphatic rings. The number of hydrogen-bond acceptors (Lipinski definition) is 1. The van der Waals surface area contributed by atoms with Crippen molar-refractivity contribution in [3.05, 3.63) is 0 Å². The van der Waals surface area contributed by atoms with E-state index in [9.17, 15) is 8.78 Å². The Morgan fingerprint density at radius 2 is 2.00 bits per heavy atom. The molecule has 1 aliphatic heterocycles. The normalized spacial score (nSPS) is 44.7. The Kier molecular flexibility index (Phi) is 0.994. The van der Waals surface area contributed by atoms with Crippen molar-refractivity contribution in [1.82, 2.24) is 4.90 Å². The monoisotopic (exact) mass is 147 g/mol. The van der Waals surface area contributed by atoms with Crippen LogP contribution in [0.2, 0.25) is 0 Å². The summed E-state index contributed by atoms with van der Waals surface area (Å²) in [5.74, 6) is -2.34. The Bertz CT molecular complexity index is 169. The average Bonchev–Trinajstić information content (AvgIpc) is 2.20. The van der Waals surface area contributed by atoms with Gasteiger partial charge in [-0.25, -0.2) is 8.78 Å². The fourth-order valence-corrected chi connectivity index (χ4v) is 1.90. The van der Waals surface area contributed by atoms with Crippen molar-refractivity contribution >= 4 is 0 Å². The van der Waals surface area contributed by atoms with E-state index >= 15 is 0 Å². The Morgan fingerprint density at radius 3 is 2.20 bits per heavy atom. The molecule has 2 rings (SSSR count). The predicted molar refractivity (Wildman–Crippen MR) is 34.1 cm³/mol. The zero-order chi connectivity index (χ0) is 7.41. The third kappa shape index (κ3) is 0.641. The zero-order valence-corrected chi connectivity index (χ0v) is 6.03. The highest BCUT2D eigenvalue weighted by molar-refractivity contribution is 5.13. The molecule has 3 heteroatoms. The van der Waals surface area contributed by atoms with E-state index < -0.39 is 11.3 Å². The fraction of sp³-hybridized carbons (Fsp3) is 1.00. The summed E-state index contributed by atoms with van der Waals surface area (Å²) in [5.41, 5.74) is -0.595. The second-order valence-electron chi connectivity index (χ2n) is 3.65. The molecule has 0 N–H and O–H groups in total. The Morgan fingerprint density at radius 1 is 1.40 bits per heavy atom. The average molecular weight is 147 g/mol. The van der Waals surface area contributed by atoms with Crippen LogP contribution in [0.3, 0.4) is 0 Å². The molecule has 0 bridgehead atoms. The standard InChI is InChI=1S/C7H11F2N/c1-10-3-2-6(5-10)4-7(6,8)9/h2-5H2,1H3/t6-/m0/s1. The van der Waals surface area contributed by atoms with E-state index in [1.54, 1.807) is 0 Å². The summed E-state index contributed by atoms with van der Waals surface area (Å²) in [6, 6.07) is 0. The van der Waals surface area contributed by atoms with E-state index in [2.05, 4.69) is 0 Å². The summed E-state index contributed by atoms with van der Waals surface area (Å²) < 4.78 is 25.3. The van der Waals surface area contributed by atoms with Gasteiger partial charge in [-0.1, -0.05) is 0 Å². The fourth-order valence-electron chi connectivity index (χ4n) is 1.90. The highest BCUT2D eigenvalue weighted by atomic mass is 19.3. The number of likely N-dealkylation sites (tertiary alicyclic amines) is 1. The third-order valence-corrected chi connectivity index (χ3v) is 2.76. The van der Waals surface area contributed by atoms with Gasteiger partial charge in [0.1, 0.15) is 0 Å². The highest BCUT2D eigenvalue weighted by Crippen LogP contribution is 2.64. The van der Waals surface area contributed by atoms with E-state index in [1.807, 2.05) is 11.9 Å². The second-order valence-corrected chi connectivity index (χ2v) is 3.65. The highest BCUT2D eigenvalue weighted by Gasteiger charge is 2.72. The SMILES string of the molecule is CN1CC[C@@]2(C1)CC2(F)F. The Labute approximate surface area is 59.0 Å². The van der Waals surface area contributed by atoms with Crippen molar-refractivity contribution in [2.24, 2.45) is 5.41 Å². The molecule has 0 aromatic rings. The van der Waals surface area contributed by atoms with E-state index in [0.717, 1.165) is 6.54 Å². The lowest BCUT2D eigenvalue weighted by atomic mass is 10.1. The minimum atomic E-state index is -2.34. The second kappa shape index (κ2) is 1.52. The number of halogens is 2. The van der Waals surface area contributed by atoms with Crippen molar-refractivity contribution in [2.75, 3.05) is 20.1 Å². The molecule has 0 aromatic heterocycles. The van der Waals surface area contributed by atoms with Crippen LogP contribution in [0, 0.1) is 5.41 Å². The number of alkyl halides is 2. The number of rotatable bonds is 0. The Hall–Kier alpha value is -0.180. The summed E-state index contributed by atoms with van der Waals surface area (Å²) in [6.07, 6.45) is 0.820. The molecule has 0 unspecified atom stereocenters. The first-order valence-corrected chi connectivity index (χ1v) is 3.62. The van der Waals surface area contributed by atoms with Gasteiger partial charge >= 0.3 is 0 Å². The molecule has 1 heterocycles. The molecule has 10 heavy (non-hydrogen) atoms. The van der Waals surface area contributed by atoms with Gasteiger partial charge in [0.2, 0.25) is 0 Å². The number of hydrogen-bond donors (Lipinski definition) is 0. The van der Waals surface area contributed by atoms with Crippen LogP contribution < -0.4 is 0 Å². The third-order valence-electron chi connectivity index (χ3n) is 2.76. The molecule has 1 atom stereocenters. The van der Waals surface area contributed by atoms with Crippen LogP contribution in [0.4, 0.5) is 8.78 Å². The van der Waals surface area contributed by atoms with Gasteiger partial charge in [-0.2, -0.15) is 0 Å². The molecule has 0 aromatic carbocycles. The van der Waals surface area contributed by atoms with Gasteiger partial charge in [-0.15, -0.1) is 0 Å². The van der Waals surface area contributed by atoms with E-state index in [0.29, 0.717) is 13.0 Å². The summed E-state index contributed by atoms with van der Waals surface area (Å²) in [6.45, 7) is 1.44. The van der Waals surface area contributed by atoms with Gasteiger partial charge < -0.3 is 4.90 Å². The largest absolute Gasteiger partial charge is 0.306 e. The van der Waals surface area contributed by atoms with Gasteiger partial charge in [0.25, 0.3) is 5.92 Å². The first kappa shape index (κ1) is 6.53. The van der Waals surface area contributed by atoms with Crippen molar-refractivity contribution in [3.8, 4) is 0 Å². The zero-order valence-electron chi connectivity index (χ0n) is 6.03. The van der Waals surface area contributed by atoms with E-state index in [4.69, 9.17) is 0 Å². The van der Waals surface area contributed by atoms with Crippen LogP contribution in [0.5, 0.6) is 0 Å². The first-order valence-electron chi connectivity index (χ1n) is 3.62. The smallest absolute Gasteiger partial charge is 0.255 e. The lowest BCUT2D eigenvalue weighted by molar-refractivity contribution is 0.0673. The van der Waals surface area contributed by atoms with Crippen molar-refractivity contribution in [1.29, 1.82) is 0 Å². The summed E-state index contributed by atoms with van der Waals surface area (Å²) in [4.78, 5) is 1.99. The van der Waals surface area contributed by atoms with Crippen LogP contribution in [0.15, 0.2) is 0 Å². The lowest BCUT2D eigenvalue weighted by Gasteiger charge is -2.07. The molecule has 0 radical (unpaired) electrons. The van der Waals surface area contributed by atoms with Crippen LogP contribution in [-0.2, 0) is 0 Å². The maximum Gasteiger partial charge on any atom is 0.255 e.